The van der Waals surface area contributed by atoms with Crippen molar-refractivity contribution >= 4 is 17.5 Å². The second kappa shape index (κ2) is 6.35. The lowest BCUT2D eigenvalue weighted by Crippen LogP contribution is -2.36. The van der Waals surface area contributed by atoms with Gasteiger partial charge < -0.3 is 15.0 Å². The first kappa shape index (κ1) is 16.1. The second-order valence-electron chi connectivity index (χ2n) is 5.92. The number of anilines is 1. The van der Waals surface area contributed by atoms with Gasteiger partial charge in [-0.15, -0.1) is 0 Å². The van der Waals surface area contributed by atoms with Crippen LogP contribution in [-0.4, -0.2) is 18.9 Å². The van der Waals surface area contributed by atoms with E-state index in [1.165, 1.54) is 6.92 Å². The van der Waals surface area contributed by atoms with Crippen LogP contribution in [-0.2, 0) is 16.1 Å². The first-order valence-corrected chi connectivity index (χ1v) is 7.82. The molecule has 2 aromatic carbocycles. The average molecular weight is 324 g/mol. The molecule has 1 heterocycles. The van der Waals surface area contributed by atoms with Crippen LogP contribution in [0.1, 0.15) is 29.7 Å². The molecule has 1 atom stereocenters. The van der Waals surface area contributed by atoms with Gasteiger partial charge in [0.05, 0.1) is 19.3 Å². The van der Waals surface area contributed by atoms with Gasteiger partial charge in [-0.25, -0.2) is 0 Å². The lowest BCUT2D eigenvalue weighted by Gasteiger charge is -2.20. The molecule has 3 rings (SSSR count). The van der Waals surface area contributed by atoms with Crippen molar-refractivity contribution < 1.29 is 14.3 Å². The molecule has 24 heavy (non-hydrogen) atoms. The summed E-state index contributed by atoms with van der Waals surface area (Å²) >= 11 is 0. The summed E-state index contributed by atoms with van der Waals surface area (Å²) in [6.07, 6.45) is 0. The minimum atomic E-state index is -0.615. The van der Waals surface area contributed by atoms with E-state index in [0.717, 1.165) is 28.1 Å². The highest BCUT2D eigenvalue weighted by molar-refractivity contribution is 6.06. The number of para-hydroxylation sites is 1. The molecule has 0 spiro atoms. The van der Waals surface area contributed by atoms with Crippen molar-refractivity contribution in [1.29, 1.82) is 0 Å². The number of nitrogens with one attached hydrogen (secondary N) is 1. The minimum Gasteiger partial charge on any atom is -0.497 e. The summed E-state index contributed by atoms with van der Waals surface area (Å²) in [6.45, 7) is 3.86. The van der Waals surface area contributed by atoms with Crippen LogP contribution in [0.25, 0.3) is 0 Å². The maximum absolute atomic E-state index is 12.9. The molecule has 1 aliphatic heterocycles. The Morgan fingerprint density at radius 3 is 2.54 bits per heavy atom. The Labute approximate surface area is 141 Å². The largest absolute Gasteiger partial charge is 0.497 e. The van der Waals surface area contributed by atoms with Crippen LogP contribution in [0.4, 0.5) is 5.69 Å². The third-order valence-electron chi connectivity index (χ3n) is 4.21. The number of amides is 2. The van der Waals surface area contributed by atoms with E-state index in [1.54, 1.807) is 12.0 Å². The van der Waals surface area contributed by atoms with Gasteiger partial charge in [0.2, 0.25) is 5.91 Å². The lowest BCUT2D eigenvalue weighted by molar-refractivity contribution is -0.126. The summed E-state index contributed by atoms with van der Waals surface area (Å²) in [4.78, 5) is 26.1. The van der Waals surface area contributed by atoms with Crippen molar-refractivity contribution in [3.8, 4) is 5.75 Å². The van der Waals surface area contributed by atoms with E-state index in [4.69, 9.17) is 4.74 Å². The van der Waals surface area contributed by atoms with E-state index in [9.17, 15) is 9.59 Å². The molecule has 0 saturated carbocycles. The van der Waals surface area contributed by atoms with Gasteiger partial charge in [-0.1, -0.05) is 30.3 Å². The van der Waals surface area contributed by atoms with Crippen LogP contribution in [0.3, 0.4) is 0 Å². The number of benzene rings is 2. The second-order valence-corrected chi connectivity index (χ2v) is 5.92. The van der Waals surface area contributed by atoms with Crippen LogP contribution in [0.5, 0.6) is 5.75 Å². The Hall–Kier alpha value is -2.82. The molecule has 1 aliphatic rings. The van der Waals surface area contributed by atoms with Crippen LogP contribution < -0.4 is 15.0 Å². The molecule has 0 aromatic heterocycles. The Kier molecular flexibility index (Phi) is 4.25. The third kappa shape index (κ3) is 2.85. The predicted octanol–water partition coefficient (Wildman–Crippen LogP) is 2.73. The molecule has 1 N–H and O–H groups in total. The molecule has 2 amide bonds. The first-order chi connectivity index (χ1) is 11.5. The number of ether oxygens (including phenoxy) is 1. The number of carbonyl (C=O) groups is 2. The number of nitrogens with zero attached hydrogens (tertiary/aromatic N) is 1. The molecular weight excluding hydrogens is 304 g/mol. The monoisotopic (exact) mass is 324 g/mol. The smallest absolute Gasteiger partial charge is 0.254 e. The maximum atomic E-state index is 12.9. The highest BCUT2D eigenvalue weighted by Gasteiger charge is 2.38. The number of hydrogen-bond donors (Lipinski definition) is 1. The number of hydrogen-bond acceptors (Lipinski definition) is 3. The molecular formula is C19H20N2O3. The van der Waals surface area contributed by atoms with E-state index in [2.05, 4.69) is 5.32 Å². The molecule has 0 radical (unpaired) electrons. The van der Waals surface area contributed by atoms with Crippen LogP contribution in [0.15, 0.2) is 42.5 Å². The van der Waals surface area contributed by atoms with Gasteiger partial charge in [0, 0.05) is 12.5 Å². The highest BCUT2D eigenvalue weighted by Crippen LogP contribution is 2.39. The van der Waals surface area contributed by atoms with E-state index >= 15 is 0 Å². The Bertz CT molecular complexity index is 784. The topological polar surface area (TPSA) is 58.6 Å². The van der Waals surface area contributed by atoms with Gasteiger partial charge in [0.1, 0.15) is 11.8 Å². The zero-order valence-electron chi connectivity index (χ0n) is 14.0. The lowest BCUT2D eigenvalue weighted by atomic mass is 10.1. The van der Waals surface area contributed by atoms with Crippen LogP contribution in [0.2, 0.25) is 0 Å². The minimum absolute atomic E-state index is 0.106. The molecule has 0 bridgehead atoms. The summed E-state index contributed by atoms with van der Waals surface area (Å²) in [5.41, 5.74) is 3.75. The van der Waals surface area contributed by atoms with Gasteiger partial charge in [-0.3, -0.25) is 9.59 Å². The number of aryl methyl sites for hydroxylation is 1. The van der Waals surface area contributed by atoms with Gasteiger partial charge in [0.15, 0.2) is 0 Å². The molecule has 5 heteroatoms. The first-order valence-electron chi connectivity index (χ1n) is 7.82. The summed E-state index contributed by atoms with van der Waals surface area (Å²) in [5.74, 6) is 0.455. The zero-order chi connectivity index (χ0) is 17.3. The summed E-state index contributed by atoms with van der Waals surface area (Å²) < 4.78 is 5.17. The Morgan fingerprint density at radius 2 is 1.92 bits per heavy atom. The van der Waals surface area contributed by atoms with Gasteiger partial charge in [0.25, 0.3) is 5.91 Å². The summed E-state index contributed by atoms with van der Waals surface area (Å²) in [7, 11) is 1.62. The van der Waals surface area contributed by atoms with Crippen molar-refractivity contribution in [3.63, 3.8) is 0 Å². The number of rotatable bonds is 4. The summed E-state index contributed by atoms with van der Waals surface area (Å²) in [5, 5.41) is 2.76. The quantitative estimate of drug-likeness (QED) is 0.941. The fraction of sp³-hybridized carbons (Fsp3) is 0.263. The van der Waals surface area contributed by atoms with Crippen molar-refractivity contribution in [3.05, 3.63) is 59.2 Å². The van der Waals surface area contributed by atoms with Gasteiger partial charge in [-0.2, -0.15) is 0 Å². The van der Waals surface area contributed by atoms with Gasteiger partial charge in [-0.05, 0) is 30.2 Å². The Morgan fingerprint density at radius 1 is 1.21 bits per heavy atom. The SMILES string of the molecule is COc1ccc(CN2C(=O)[C@H](NC(C)=O)c3cccc(C)c32)cc1. The number of methoxy groups -OCH3 is 1. The van der Waals surface area contributed by atoms with E-state index in [0.29, 0.717) is 6.54 Å². The fourth-order valence-electron chi connectivity index (χ4n) is 3.10. The molecule has 0 saturated heterocycles. The van der Waals surface area contributed by atoms with Crippen molar-refractivity contribution in [1.82, 2.24) is 5.32 Å². The zero-order valence-corrected chi connectivity index (χ0v) is 14.0. The molecule has 0 fully saturated rings. The van der Waals surface area contributed by atoms with E-state index in [1.807, 2.05) is 49.4 Å². The molecule has 5 nitrogen and oxygen atoms in total. The standard InChI is InChI=1S/C19H20N2O3/c1-12-5-4-6-16-17(20-13(2)22)19(23)21(18(12)16)11-14-7-9-15(24-3)10-8-14/h4-10,17H,11H2,1-3H3,(H,20,22)/t17-/m1/s1. The molecule has 2 aromatic rings. The van der Waals surface area contributed by atoms with E-state index < -0.39 is 6.04 Å². The maximum Gasteiger partial charge on any atom is 0.254 e. The Balaban J connectivity index is 1.95. The molecule has 0 unspecified atom stereocenters. The third-order valence-corrected chi connectivity index (χ3v) is 4.21. The number of carbonyl (C=O) groups excluding carboxylic acids is 2. The number of fused-ring (bicyclic) bond motifs is 1. The van der Waals surface area contributed by atoms with Crippen molar-refractivity contribution in [2.45, 2.75) is 26.4 Å². The van der Waals surface area contributed by atoms with E-state index in [-0.39, 0.29) is 11.8 Å². The molecule has 124 valence electrons. The highest BCUT2D eigenvalue weighted by atomic mass is 16.5. The average Bonchev–Trinajstić information content (AvgIpc) is 2.82. The van der Waals surface area contributed by atoms with Crippen molar-refractivity contribution in [2.24, 2.45) is 0 Å². The molecule has 0 aliphatic carbocycles. The summed E-state index contributed by atoms with van der Waals surface area (Å²) in [6, 6.07) is 12.8. The predicted molar refractivity (Wildman–Crippen MR) is 91.9 cm³/mol. The van der Waals surface area contributed by atoms with Crippen molar-refractivity contribution in [2.75, 3.05) is 12.0 Å². The normalized spacial score (nSPS) is 16.0. The van der Waals surface area contributed by atoms with Crippen LogP contribution in [0, 0.1) is 6.92 Å². The fourth-order valence-corrected chi connectivity index (χ4v) is 3.10. The van der Waals surface area contributed by atoms with Gasteiger partial charge >= 0.3 is 0 Å². The van der Waals surface area contributed by atoms with Crippen LogP contribution >= 0.6 is 0 Å².